The third kappa shape index (κ3) is 6.17. The third-order valence-electron chi connectivity index (χ3n) is 8.03. The van der Waals surface area contributed by atoms with Gasteiger partial charge in [-0.05, 0) is 89.3 Å². The molecule has 3 fully saturated rings. The SMILES string of the molecule is CCC(CC1CCN(CC#N)CC1)(CC1CCCN(CC#N)C1)N1CCC(O)CC1. The average Bonchev–Trinajstić information content (AvgIpc) is 2.76. The van der Waals surface area contributed by atoms with Crippen LogP contribution in [0.2, 0.25) is 0 Å². The molecule has 0 amide bonds. The molecule has 0 radical (unpaired) electrons. The Morgan fingerprint density at radius 3 is 2.10 bits per heavy atom. The van der Waals surface area contributed by atoms with E-state index in [1.165, 1.54) is 38.5 Å². The second kappa shape index (κ2) is 11.4. The summed E-state index contributed by atoms with van der Waals surface area (Å²) >= 11 is 0. The standard InChI is InChI=1S/C24H41N5O/c1-2-24(29-14-7-23(30)8-15-29,18-21-5-12-27(13-6-21)16-9-25)19-22-4-3-11-28(20-22)17-10-26/h21-23,30H,2-8,11-20H2,1H3. The highest BCUT2D eigenvalue weighted by Gasteiger charge is 2.41. The highest BCUT2D eigenvalue weighted by atomic mass is 16.3. The first-order chi connectivity index (χ1) is 14.6. The number of nitrogens with zero attached hydrogens (tertiary/aromatic N) is 5. The van der Waals surface area contributed by atoms with Crippen molar-refractivity contribution in [1.82, 2.24) is 14.7 Å². The summed E-state index contributed by atoms with van der Waals surface area (Å²) in [6.45, 7) is 9.74. The van der Waals surface area contributed by atoms with Crippen LogP contribution in [-0.4, -0.2) is 83.8 Å². The van der Waals surface area contributed by atoms with Crippen LogP contribution in [0.1, 0.15) is 64.7 Å². The summed E-state index contributed by atoms with van der Waals surface area (Å²) in [6, 6.07) is 4.65. The Morgan fingerprint density at radius 1 is 0.833 bits per heavy atom. The third-order valence-corrected chi connectivity index (χ3v) is 8.03. The number of rotatable bonds is 8. The molecule has 0 bridgehead atoms. The molecular weight excluding hydrogens is 374 g/mol. The molecule has 0 aromatic carbocycles. The Bertz CT molecular complexity index is 598. The quantitative estimate of drug-likeness (QED) is 0.614. The van der Waals surface area contributed by atoms with E-state index in [9.17, 15) is 5.11 Å². The van der Waals surface area contributed by atoms with E-state index in [-0.39, 0.29) is 11.6 Å². The number of aliphatic hydroxyl groups excluding tert-OH is 1. The summed E-state index contributed by atoms with van der Waals surface area (Å²) in [5.74, 6) is 1.39. The lowest BCUT2D eigenvalue weighted by Gasteiger charge is -2.51. The van der Waals surface area contributed by atoms with Crippen LogP contribution in [0.3, 0.4) is 0 Å². The van der Waals surface area contributed by atoms with Gasteiger partial charge in [-0.25, -0.2) is 0 Å². The lowest BCUT2D eigenvalue weighted by molar-refractivity contribution is -0.0239. The fourth-order valence-electron chi connectivity index (χ4n) is 6.28. The molecule has 2 unspecified atom stereocenters. The molecule has 3 rings (SSSR count). The second-order valence-corrected chi connectivity index (χ2v) is 9.98. The van der Waals surface area contributed by atoms with E-state index >= 15 is 0 Å². The number of hydrogen-bond acceptors (Lipinski definition) is 6. The molecule has 0 saturated carbocycles. The van der Waals surface area contributed by atoms with Gasteiger partial charge in [0.2, 0.25) is 0 Å². The van der Waals surface area contributed by atoms with Crippen LogP contribution in [0.5, 0.6) is 0 Å². The van der Waals surface area contributed by atoms with Gasteiger partial charge in [0.1, 0.15) is 0 Å². The molecule has 0 spiro atoms. The highest BCUT2D eigenvalue weighted by molar-refractivity contribution is 4.97. The van der Waals surface area contributed by atoms with E-state index in [0.29, 0.717) is 19.0 Å². The largest absolute Gasteiger partial charge is 0.393 e. The van der Waals surface area contributed by atoms with Crippen LogP contribution in [0.15, 0.2) is 0 Å². The molecule has 3 saturated heterocycles. The maximum absolute atomic E-state index is 10.1. The number of aliphatic hydroxyl groups is 1. The molecule has 3 aliphatic heterocycles. The normalized spacial score (nSPS) is 27.9. The first-order valence-electron chi connectivity index (χ1n) is 12.2. The monoisotopic (exact) mass is 415 g/mol. The van der Waals surface area contributed by atoms with E-state index in [0.717, 1.165) is 64.4 Å². The zero-order valence-electron chi connectivity index (χ0n) is 18.9. The van der Waals surface area contributed by atoms with Crippen molar-refractivity contribution in [2.45, 2.75) is 76.4 Å². The molecule has 168 valence electrons. The summed E-state index contributed by atoms with van der Waals surface area (Å²) in [7, 11) is 0. The van der Waals surface area contributed by atoms with Crippen LogP contribution < -0.4 is 0 Å². The fourth-order valence-corrected chi connectivity index (χ4v) is 6.28. The molecule has 6 nitrogen and oxygen atoms in total. The van der Waals surface area contributed by atoms with Crippen molar-refractivity contribution in [3.8, 4) is 12.1 Å². The Labute approximate surface area is 183 Å². The summed E-state index contributed by atoms with van der Waals surface area (Å²) in [5.41, 5.74) is 0.211. The molecule has 30 heavy (non-hydrogen) atoms. The molecule has 0 aromatic rings. The molecule has 3 heterocycles. The first kappa shape index (κ1) is 23.5. The van der Waals surface area contributed by atoms with Gasteiger partial charge in [0.05, 0.1) is 31.3 Å². The molecular formula is C24H41N5O. The van der Waals surface area contributed by atoms with Crippen molar-refractivity contribution < 1.29 is 5.11 Å². The van der Waals surface area contributed by atoms with Crippen molar-refractivity contribution in [3.63, 3.8) is 0 Å². The first-order valence-corrected chi connectivity index (χ1v) is 12.2. The lowest BCUT2D eigenvalue weighted by atomic mass is 9.72. The van der Waals surface area contributed by atoms with Gasteiger partial charge in [-0.1, -0.05) is 6.92 Å². The van der Waals surface area contributed by atoms with Crippen molar-refractivity contribution >= 4 is 0 Å². The smallest absolute Gasteiger partial charge is 0.0866 e. The van der Waals surface area contributed by atoms with E-state index in [4.69, 9.17) is 10.5 Å². The number of piperidine rings is 3. The minimum atomic E-state index is -0.133. The minimum Gasteiger partial charge on any atom is -0.393 e. The number of likely N-dealkylation sites (tertiary alicyclic amines) is 3. The molecule has 0 aliphatic carbocycles. The molecule has 3 aliphatic rings. The van der Waals surface area contributed by atoms with Gasteiger partial charge >= 0.3 is 0 Å². The van der Waals surface area contributed by atoms with Crippen LogP contribution in [0, 0.1) is 34.5 Å². The van der Waals surface area contributed by atoms with Crippen LogP contribution in [-0.2, 0) is 0 Å². The van der Waals surface area contributed by atoms with Gasteiger partial charge in [0.15, 0.2) is 0 Å². The van der Waals surface area contributed by atoms with E-state index in [1.807, 2.05) is 0 Å². The predicted molar refractivity (Wildman–Crippen MR) is 119 cm³/mol. The average molecular weight is 416 g/mol. The Morgan fingerprint density at radius 2 is 1.47 bits per heavy atom. The van der Waals surface area contributed by atoms with Gasteiger partial charge in [-0.2, -0.15) is 10.5 Å². The van der Waals surface area contributed by atoms with Crippen molar-refractivity contribution in [2.24, 2.45) is 11.8 Å². The number of hydrogen-bond donors (Lipinski definition) is 1. The fraction of sp³-hybridized carbons (Fsp3) is 0.917. The van der Waals surface area contributed by atoms with Crippen molar-refractivity contribution in [2.75, 3.05) is 52.4 Å². The number of nitriles is 2. The Kier molecular flexibility index (Phi) is 8.96. The van der Waals surface area contributed by atoms with Gasteiger partial charge < -0.3 is 5.11 Å². The Hall–Kier alpha value is -1.18. The van der Waals surface area contributed by atoms with Gasteiger partial charge in [0.25, 0.3) is 0 Å². The summed E-state index contributed by atoms with van der Waals surface area (Å²) in [5, 5.41) is 28.2. The second-order valence-electron chi connectivity index (χ2n) is 9.98. The van der Waals surface area contributed by atoms with Gasteiger partial charge in [-0.3, -0.25) is 14.7 Å². The summed E-state index contributed by atoms with van der Waals surface area (Å²) < 4.78 is 0. The van der Waals surface area contributed by atoms with Gasteiger partial charge in [0, 0.05) is 25.2 Å². The van der Waals surface area contributed by atoms with Crippen LogP contribution in [0.4, 0.5) is 0 Å². The summed E-state index contributed by atoms with van der Waals surface area (Å²) in [4.78, 5) is 7.36. The van der Waals surface area contributed by atoms with Crippen LogP contribution >= 0.6 is 0 Å². The van der Waals surface area contributed by atoms with Crippen molar-refractivity contribution in [1.29, 1.82) is 10.5 Å². The highest BCUT2D eigenvalue weighted by Crippen LogP contribution is 2.40. The predicted octanol–water partition coefficient (Wildman–Crippen LogP) is 2.84. The zero-order valence-corrected chi connectivity index (χ0v) is 18.9. The van der Waals surface area contributed by atoms with Crippen LogP contribution in [0.25, 0.3) is 0 Å². The lowest BCUT2D eigenvalue weighted by Crippen LogP contribution is -2.55. The van der Waals surface area contributed by atoms with Gasteiger partial charge in [-0.15, -0.1) is 0 Å². The van der Waals surface area contributed by atoms with E-state index in [2.05, 4.69) is 33.8 Å². The molecule has 2 atom stereocenters. The maximum Gasteiger partial charge on any atom is 0.0866 e. The zero-order chi connectivity index (χ0) is 21.4. The van der Waals surface area contributed by atoms with E-state index < -0.39 is 0 Å². The topological polar surface area (TPSA) is 77.5 Å². The summed E-state index contributed by atoms with van der Waals surface area (Å²) in [6.07, 6.45) is 10.2. The van der Waals surface area contributed by atoms with E-state index in [1.54, 1.807) is 0 Å². The maximum atomic E-state index is 10.1. The van der Waals surface area contributed by atoms with Crippen molar-refractivity contribution in [3.05, 3.63) is 0 Å². The Balaban J connectivity index is 1.69. The molecule has 1 N–H and O–H groups in total. The minimum absolute atomic E-state index is 0.133. The molecule has 6 heteroatoms. The molecule has 0 aromatic heterocycles.